The van der Waals surface area contributed by atoms with Gasteiger partial charge in [0.2, 0.25) is 0 Å². The van der Waals surface area contributed by atoms with Gasteiger partial charge in [0.05, 0.1) is 0 Å². The van der Waals surface area contributed by atoms with Crippen molar-refractivity contribution in [3.63, 3.8) is 0 Å². The molecule has 3 unspecified atom stereocenters. The standard InChI is InChI=1S/C12H25NOS/c1-4-13-10(2)11(3)15(14)12-8-6-5-7-9-12/h10-13H,4-9H2,1-3H3. The van der Waals surface area contributed by atoms with Crippen molar-refractivity contribution in [2.45, 2.75) is 69.4 Å². The molecule has 0 radical (unpaired) electrons. The molecule has 1 rings (SSSR count). The van der Waals surface area contributed by atoms with Crippen molar-refractivity contribution in [3.8, 4) is 0 Å². The molecule has 0 aromatic rings. The average molecular weight is 231 g/mol. The van der Waals surface area contributed by atoms with Crippen LogP contribution in [0, 0.1) is 0 Å². The Kier molecular flexibility index (Phi) is 5.83. The monoisotopic (exact) mass is 231 g/mol. The first-order valence-electron chi connectivity index (χ1n) is 6.29. The Labute approximate surface area is 96.7 Å². The van der Waals surface area contributed by atoms with Gasteiger partial charge < -0.3 is 5.32 Å². The number of hydrogen-bond acceptors (Lipinski definition) is 2. The molecule has 0 aromatic carbocycles. The summed E-state index contributed by atoms with van der Waals surface area (Å²) in [4.78, 5) is 0. The van der Waals surface area contributed by atoms with E-state index < -0.39 is 10.8 Å². The number of nitrogens with one attached hydrogen (secondary N) is 1. The molecular weight excluding hydrogens is 206 g/mol. The van der Waals surface area contributed by atoms with Crippen molar-refractivity contribution in [3.05, 3.63) is 0 Å². The van der Waals surface area contributed by atoms with Gasteiger partial charge in [0, 0.05) is 27.3 Å². The molecule has 0 aromatic heterocycles. The van der Waals surface area contributed by atoms with E-state index in [0.29, 0.717) is 11.3 Å². The highest BCUT2D eigenvalue weighted by Gasteiger charge is 2.26. The summed E-state index contributed by atoms with van der Waals surface area (Å²) in [5.41, 5.74) is 0. The zero-order valence-corrected chi connectivity index (χ0v) is 11.1. The zero-order chi connectivity index (χ0) is 11.3. The summed E-state index contributed by atoms with van der Waals surface area (Å²) in [7, 11) is -0.645. The summed E-state index contributed by atoms with van der Waals surface area (Å²) >= 11 is 0. The topological polar surface area (TPSA) is 29.1 Å². The molecule has 0 saturated heterocycles. The molecule has 0 spiro atoms. The van der Waals surface area contributed by atoms with Crippen LogP contribution in [0.4, 0.5) is 0 Å². The van der Waals surface area contributed by atoms with Gasteiger partial charge in [0.25, 0.3) is 0 Å². The summed E-state index contributed by atoms with van der Waals surface area (Å²) in [6.45, 7) is 7.34. The lowest BCUT2D eigenvalue weighted by Crippen LogP contribution is -2.41. The fourth-order valence-electron chi connectivity index (χ4n) is 2.29. The average Bonchev–Trinajstić information content (AvgIpc) is 2.28. The van der Waals surface area contributed by atoms with Crippen molar-refractivity contribution in [2.24, 2.45) is 0 Å². The van der Waals surface area contributed by atoms with Crippen LogP contribution in [-0.4, -0.2) is 27.3 Å². The van der Waals surface area contributed by atoms with Gasteiger partial charge in [-0.2, -0.15) is 0 Å². The van der Waals surface area contributed by atoms with Crippen LogP contribution in [-0.2, 0) is 10.8 Å². The molecule has 0 heterocycles. The van der Waals surface area contributed by atoms with Crippen molar-refractivity contribution >= 4 is 10.8 Å². The molecule has 0 amide bonds. The molecule has 90 valence electrons. The lowest BCUT2D eigenvalue weighted by atomic mass is 10.0. The van der Waals surface area contributed by atoms with Crippen LogP contribution in [0.25, 0.3) is 0 Å². The van der Waals surface area contributed by atoms with Crippen LogP contribution in [0.3, 0.4) is 0 Å². The van der Waals surface area contributed by atoms with Crippen LogP contribution in [0.1, 0.15) is 52.9 Å². The molecule has 1 saturated carbocycles. The Hall–Kier alpha value is 0.110. The minimum absolute atomic E-state index is 0.285. The van der Waals surface area contributed by atoms with Crippen LogP contribution in [0.15, 0.2) is 0 Å². The lowest BCUT2D eigenvalue weighted by molar-refractivity contribution is 0.492. The van der Waals surface area contributed by atoms with E-state index >= 15 is 0 Å². The Morgan fingerprint density at radius 1 is 1.27 bits per heavy atom. The van der Waals surface area contributed by atoms with E-state index in [9.17, 15) is 4.21 Å². The Morgan fingerprint density at radius 3 is 2.40 bits per heavy atom. The van der Waals surface area contributed by atoms with Crippen molar-refractivity contribution in [1.82, 2.24) is 5.32 Å². The van der Waals surface area contributed by atoms with E-state index in [1.54, 1.807) is 0 Å². The molecule has 3 atom stereocenters. The van der Waals surface area contributed by atoms with Crippen LogP contribution in [0.5, 0.6) is 0 Å². The second-order valence-corrected chi connectivity index (χ2v) is 6.71. The minimum atomic E-state index is -0.645. The summed E-state index contributed by atoms with van der Waals surface area (Å²) in [5, 5.41) is 4.12. The van der Waals surface area contributed by atoms with Crippen molar-refractivity contribution in [2.75, 3.05) is 6.54 Å². The first kappa shape index (κ1) is 13.2. The maximum atomic E-state index is 12.3. The van der Waals surface area contributed by atoms with Crippen molar-refractivity contribution < 1.29 is 4.21 Å². The predicted octanol–water partition coefficient (Wildman–Crippen LogP) is 2.45. The van der Waals surface area contributed by atoms with Gasteiger partial charge in [-0.3, -0.25) is 4.21 Å². The van der Waals surface area contributed by atoms with E-state index in [-0.39, 0.29) is 5.25 Å². The highest BCUT2D eigenvalue weighted by Crippen LogP contribution is 2.24. The van der Waals surface area contributed by atoms with E-state index in [2.05, 4.69) is 26.1 Å². The van der Waals surface area contributed by atoms with Gasteiger partial charge in [-0.1, -0.05) is 26.2 Å². The first-order chi connectivity index (χ1) is 7.16. The predicted molar refractivity (Wildman–Crippen MR) is 67.6 cm³/mol. The van der Waals surface area contributed by atoms with E-state index in [4.69, 9.17) is 0 Å². The fourth-order valence-corrected chi connectivity index (χ4v) is 4.19. The number of hydrogen-bond donors (Lipinski definition) is 1. The molecule has 0 bridgehead atoms. The molecule has 1 N–H and O–H groups in total. The van der Waals surface area contributed by atoms with Gasteiger partial charge in [0.1, 0.15) is 0 Å². The van der Waals surface area contributed by atoms with E-state index in [1.165, 1.54) is 32.1 Å². The third-order valence-corrected chi connectivity index (χ3v) is 5.75. The molecular formula is C12H25NOS. The Bertz CT molecular complexity index is 202. The third-order valence-electron chi connectivity index (χ3n) is 3.48. The zero-order valence-electron chi connectivity index (χ0n) is 10.3. The van der Waals surface area contributed by atoms with Crippen LogP contribution in [0.2, 0.25) is 0 Å². The maximum Gasteiger partial charge on any atom is 0.0473 e. The fraction of sp³-hybridized carbons (Fsp3) is 1.00. The van der Waals surface area contributed by atoms with E-state index in [1.807, 2.05) is 0 Å². The van der Waals surface area contributed by atoms with Gasteiger partial charge in [-0.25, -0.2) is 0 Å². The quantitative estimate of drug-likeness (QED) is 0.787. The second-order valence-electron chi connectivity index (χ2n) is 4.64. The highest BCUT2D eigenvalue weighted by atomic mass is 32.2. The molecule has 1 aliphatic carbocycles. The molecule has 1 aliphatic rings. The second kappa shape index (κ2) is 6.64. The molecule has 3 heteroatoms. The summed E-state index contributed by atoms with van der Waals surface area (Å²) in [6, 6.07) is 0.373. The van der Waals surface area contributed by atoms with Gasteiger partial charge >= 0.3 is 0 Å². The molecule has 1 fully saturated rings. The number of rotatable bonds is 5. The highest BCUT2D eigenvalue weighted by molar-refractivity contribution is 7.86. The SMILES string of the molecule is CCNC(C)C(C)S(=O)C1CCCCC1. The molecule has 2 nitrogen and oxygen atoms in total. The molecule has 15 heavy (non-hydrogen) atoms. The largest absolute Gasteiger partial charge is 0.313 e. The maximum absolute atomic E-state index is 12.3. The Balaban J connectivity index is 2.43. The summed E-state index contributed by atoms with van der Waals surface area (Å²) in [5.74, 6) is 0. The first-order valence-corrected chi connectivity index (χ1v) is 7.57. The van der Waals surface area contributed by atoms with Gasteiger partial charge in [-0.05, 0) is 33.2 Å². The Morgan fingerprint density at radius 2 is 1.87 bits per heavy atom. The molecule has 0 aliphatic heterocycles. The normalized spacial score (nSPS) is 24.7. The summed E-state index contributed by atoms with van der Waals surface area (Å²) in [6.07, 6.45) is 6.24. The van der Waals surface area contributed by atoms with Gasteiger partial charge in [0.15, 0.2) is 0 Å². The lowest BCUT2D eigenvalue weighted by Gasteiger charge is -2.27. The third kappa shape index (κ3) is 3.87. The van der Waals surface area contributed by atoms with E-state index in [0.717, 1.165) is 6.54 Å². The van der Waals surface area contributed by atoms with Crippen LogP contribution >= 0.6 is 0 Å². The van der Waals surface area contributed by atoms with Crippen LogP contribution < -0.4 is 5.32 Å². The van der Waals surface area contributed by atoms with Crippen molar-refractivity contribution in [1.29, 1.82) is 0 Å². The smallest absolute Gasteiger partial charge is 0.0473 e. The minimum Gasteiger partial charge on any atom is -0.313 e. The summed E-state index contributed by atoms with van der Waals surface area (Å²) < 4.78 is 12.3. The van der Waals surface area contributed by atoms with Gasteiger partial charge in [-0.15, -0.1) is 0 Å².